The van der Waals surface area contributed by atoms with Crippen molar-refractivity contribution in [1.82, 2.24) is 0 Å². The standard InChI is InChI=1S/C13H17NO/c1-9-10-4-2-3-5-12(10)14-13-6-7-15-8-11(9)13/h2-5,9,11,13-14H,6-8H2,1H3/t9-,11-,13+/m1/s1. The minimum Gasteiger partial charge on any atom is -0.382 e. The number of fused-ring (bicyclic) bond motifs is 2. The monoisotopic (exact) mass is 203 g/mol. The Balaban J connectivity index is 1.98. The van der Waals surface area contributed by atoms with Gasteiger partial charge in [-0.15, -0.1) is 0 Å². The number of anilines is 1. The summed E-state index contributed by atoms with van der Waals surface area (Å²) in [6.45, 7) is 4.14. The molecule has 0 amide bonds. The van der Waals surface area contributed by atoms with Crippen LogP contribution in [0.4, 0.5) is 5.69 Å². The third-order valence-electron chi connectivity index (χ3n) is 3.83. The molecule has 0 bridgehead atoms. The van der Waals surface area contributed by atoms with E-state index in [0.29, 0.717) is 17.9 Å². The van der Waals surface area contributed by atoms with Crippen LogP contribution in [0.15, 0.2) is 24.3 Å². The summed E-state index contributed by atoms with van der Waals surface area (Å²) < 4.78 is 5.58. The number of nitrogens with one attached hydrogen (secondary N) is 1. The van der Waals surface area contributed by atoms with E-state index in [1.54, 1.807) is 0 Å². The Labute approximate surface area is 90.6 Å². The molecular formula is C13H17NO. The van der Waals surface area contributed by atoms with E-state index in [1.807, 2.05) is 0 Å². The number of rotatable bonds is 0. The van der Waals surface area contributed by atoms with Crippen LogP contribution in [0.25, 0.3) is 0 Å². The summed E-state index contributed by atoms with van der Waals surface area (Å²) in [5.74, 6) is 1.27. The second kappa shape index (κ2) is 3.53. The lowest BCUT2D eigenvalue weighted by molar-refractivity contribution is 0.0358. The van der Waals surface area contributed by atoms with Gasteiger partial charge in [0.1, 0.15) is 0 Å². The van der Waals surface area contributed by atoms with Crippen LogP contribution in [0.2, 0.25) is 0 Å². The molecule has 2 heterocycles. The Morgan fingerprint density at radius 1 is 1.33 bits per heavy atom. The molecule has 3 atom stereocenters. The molecule has 80 valence electrons. The highest BCUT2D eigenvalue weighted by Crippen LogP contribution is 2.40. The van der Waals surface area contributed by atoms with Crippen molar-refractivity contribution >= 4 is 5.69 Å². The molecule has 1 aromatic rings. The Morgan fingerprint density at radius 2 is 2.20 bits per heavy atom. The van der Waals surface area contributed by atoms with E-state index in [-0.39, 0.29) is 0 Å². The molecule has 2 nitrogen and oxygen atoms in total. The van der Waals surface area contributed by atoms with Gasteiger partial charge in [-0.25, -0.2) is 0 Å². The molecule has 0 saturated carbocycles. The molecule has 1 N–H and O–H groups in total. The molecule has 0 unspecified atom stereocenters. The van der Waals surface area contributed by atoms with Crippen LogP contribution in [0.1, 0.15) is 24.8 Å². The minimum absolute atomic E-state index is 0.614. The van der Waals surface area contributed by atoms with Gasteiger partial charge in [0.2, 0.25) is 0 Å². The fourth-order valence-electron chi connectivity index (χ4n) is 2.89. The zero-order valence-electron chi connectivity index (χ0n) is 9.07. The molecule has 2 aliphatic rings. The van der Waals surface area contributed by atoms with Crippen LogP contribution in [-0.4, -0.2) is 19.3 Å². The Kier molecular flexibility index (Phi) is 2.17. The number of benzene rings is 1. The number of para-hydroxylation sites is 1. The second-order valence-corrected chi connectivity index (χ2v) is 4.65. The number of ether oxygens (including phenoxy) is 1. The number of hydrogen-bond donors (Lipinski definition) is 1. The van der Waals surface area contributed by atoms with Crippen molar-refractivity contribution in [2.24, 2.45) is 5.92 Å². The first kappa shape index (κ1) is 9.22. The van der Waals surface area contributed by atoms with Crippen LogP contribution >= 0.6 is 0 Å². The van der Waals surface area contributed by atoms with E-state index >= 15 is 0 Å². The molecule has 0 aromatic heterocycles. The lowest BCUT2D eigenvalue weighted by Crippen LogP contribution is -2.43. The Hall–Kier alpha value is -1.02. The molecule has 15 heavy (non-hydrogen) atoms. The van der Waals surface area contributed by atoms with Crippen LogP contribution in [0.3, 0.4) is 0 Å². The van der Waals surface area contributed by atoms with Crippen molar-refractivity contribution in [3.05, 3.63) is 29.8 Å². The predicted octanol–water partition coefficient (Wildman–Crippen LogP) is 2.62. The highest BCUT2D eigenvalue weighted by atomic mass is 16.5. The van der Waals surface area contributed by atoms with Gasteiger partial charge in [-0.3, -0.25) is 0 Å². The molecule has 2 aliphatic heterocycles. The highest BCUT2D eigenvalue weighted by molar-refractivity contribution is 5.56. The average Bonchev–Trinajstić information content (AvgIpc) is 2.30. The van der Waals surface area contributed by atoms with Gasteiger partial charge in [0.05, 0.1) is 6.61 Å². The second-order valence-electron chi connectivity index (χ2n) is 4.65. The Bertz CT molecular complexity index is 363. The van der Waals surface area contributed by atoms with Gasteiger partial charge >= 0.3 is 0 Å². The predicted molar refractivity (Wildman–Crippen MR) is 61.2 cm³/mol. The molecule has 2 heteroatoms. The summed E-state index contributed by atoms with van der Waals surface area (Å²) in [6.07, 6.45) is 1.14. The van der Waals surface area contributed by atoms with E-state index in [0.717, 1.165) is 19.6 Å². The Morgan fingerprint density at radius 3 is 3.13 bits per heavy atom. The zero-order chi connectivity index (χ0) is 10.3. The smallest absolute Gasteiger partial charge is 0.0519 e. The first-order valence-electron chi connectivity index (χ1n) is 5.79. The lowest BCUT2D eigenvalue weighted by Gasteiger charge is -2.41. The topological polar surface area (TPSA) is 21.3 Å². The van der Waals surface area contributed by atoms with Crippen molar-refractivity contribution in [3.63, 3.8) is 0 Å². The third-order valence-corrected chi connectivity index (χ3v) is 3.83. The third kappa shape index (κ3) is 1.44. The summed E-state index contributed by atoms with van der Waals surface area (Å²) in [7, 11) is 0. The van der Waals surface area contributed by atoms with Crippen LogP contribution in [-0.2, 0) is 4.74 Å². The zero-order valence-corrected chi connectivity index (χ0v) is 9.07. The van der Waals surface area contributed by atoms with E-state index in [9.17, 15) is 0 Å². The molecule has 1 aromatic carbocycles. The van der Waals surface area contributed by atoms with E-state index in [4.69, 9.17) is 4.74 Å². The maximum Gasteiger partial charge on any atom is 0.0519 e. The first-order valence-corrected chi connectivity index (χ1v) is 5.79. The summed E-state index contributed by atoms with van der Waals surface area (Å²) >= 11 is 0. The molecular weight excluding hydrogens is 186 g/mol. The van der Waals surface area contributed by atoms with Crippen molar-refractivity contribution in [3.8, 4) is 0 Å². The molecule has 1 saturated heterocycles. The van der Waals surface area contributed by atoms with E-state index < -0.39 is 0 Å². The van der Waals surface area contributed by atoms with Crippen molar-refractivity contribution in [2.45, 2.75) is 25.3 Å². The summed E-state index contributed by atoms with van der Waals surface area (Å²) in [4.78, 5) is 0. The van der Waals surface area contributed by atoms with Crippen LogP contribution in [0.5, 0.6) is 0 Å². The van der Waals surface area contributed by atoms with Gasteiger partial charge in [0.25, 0.3) is 0 Å². The fraction of sp³-hybridized carbons (Fsp3) is 0.538. The van der Waals surface area contributed by atoms with Gasteiger partial charge in [-0.1, -0.05) is 25.1 Å². The molecule has 0 aliphatic carbocycles. The van der Waals surface area contributed by atoms with Crippen molar-refractivity contribution in [2.75, 3.05) is 18.5 Å². The van der Waals surface area contributed by atoms with Crippen molar-refractivity contribution in [1.29, 1.82) is 0 Å². The van der Waals surface area contributed by atoms with E-state index in [2.05, 4.69) is 36.5 Å². The average molecular weight is 203 g/mol. The number of hydrogen-bond acceptors (Lipinski definition) is 2. The van der Waals surface area contributed by atoms with Crippen molar-refractivity contribution < 1.29 is 4.74 Å². The maximum absolute atomic E-state index is 5.58. The van der Waals surface area contributed by atoms with Gasteiger partial charge in [-0.05, 0) is 24.0 Å². The van der Waals surface area contributed by atoms with E-state index in [1.165, 1.54) is 11.3 Å². The molecule has 3 rings (SSSR count). The molecule has 1 fully saturated rings. The SMILES string of the molecule is C[C@@H]1c2ccccc2N[C@H]2CCOC[C@@H]21. The minimum atomic E-state index is 0.614. The largest absolute Gasteiger partial charge is 0.382 e. The lowest BCUT2D eigenvalue weighted by atomic mass is 9.77. The summed E-state index contributed by atoms with van der Waals surface area (Å²) in [5, 5.41) is 3.65. The summed E-state index contributed by atoms with van der Waals surface area (Å²) in [5.41, 5.74) is 2.78. The van der Waals surface area contributed by atoms with Gasteiger partial charge < -0.3 is 10.1 Å². The normalized spacial score (nSPS) is 33.8. The maximum atomic E-state index is 5.58. The quantitative estimate of drug-likeness (QED) is 0.700. The first-order chi connectivity index (χ1) is 7.36. The molecule has 0 spiro atoms. The summed E-state index contributed by atoms with van der Waals surface area (Å²) in [6, 6.07) is 9.28. The fourth-order valence-corrected chi connectivity index (χ4v) is 2.89. The van der Waals surface area contributed by atoms with Gasteiger partial charge in [0, 0.05) is 24.3 Å². The van der Waals surface area contributed by atoms with Gasteiger partial charge in [0.15, 0.2) is 0 Å². The van der Waals surface area contributed by atoms with Crippen LogP contribution in [0, 0.1) is 5.92 Å². The van der Waals surface area contributed by atoms with Crippen LogP contribution < -0.4 is 5.32 Å². The van der Waals surface area contributed by atoms with Gasteiger partial charge in [-0.2, -0.15) is 0 Å². The highest BCUT2D eigenvalue weighted by Gasteiger charge is 2.35. The molecule has 0 radical (unpaired) electrons.